The molecule has 0 amide bonds. The van der Waals surface area contributed by atoms with Crippen molar-refractivity contribution in [2.45, 2.75) is 13.7 Å². The van der Waals surface area contributed by atoms with E-state index in [1.54, 1.807) is 17.8 Å². The van der Waals surface area contributed by atoms with Gasteiger partial charge in [0.2, 0.25) is 0 Å². The number of hydrogen-bond donors (Lipinski definition) is 0. The molecular weight excluding hydrogens is 308 g/mol. The van der Waals surface area contributed by atoms with Crippen LogP contribution in [0.3, 0.4) is 0 Å². The van der Waals surface area contributed by atoms with E-state index in [0.717, 1.165) is 24.6 Å². The molecule has 0 aliphatic heterocycles. The van der Waals surface area contributed by atoms with Gasteiger partial charge in [0.05, 0.1) is 17.1 Å². The van der Waals surface area contributed by atoms with Gasteiger partial charge in [-0.15, -0.1) is 10.2 Å². The van der Waals surface area contributed by atoms with Crippen LogP contribution in [0, 0.1) is 11.3 Å². The minimum absolute atomic E-state index is 0.632. The van der Waals surface area contributed by atoms with Crippen LogP contribution in [0.4, 0.5) is 0 Å². The zero-order valence-electron chi connectivity index (χ0n) is 10.4. The third kappa shape index (κ3) is 2.63. The van der Waals surface area contributed by atoms with E-state index in [2.05, 4.69) is 21.3 Å². The van der Waals surface area contributed by atoms with Gasteiger partial charge in [-0.25, -0.2) is 4.98 Å². The van der Waals surface area contributed by atoms with Crippen LogP contribution in [0.1, 0.15) is 5.56 Å². The fraction of sp³-hybridized carbons (Fsp3) is 0.0769. The summed E-state index contributed by atoms with van der Waals surface area (Å²) in [4.78, 5) is 4.56. The number of nitrogens with zero attached hydrogens (tertiary/aromatic N) is 4. The molecular formula is C13H8N4S3. The number of para-hydroxylation sites is 1. The van der Waals surface area contributed by atoms with E-state index in [1.165, 1.54) is 23.1 Å². The van der Waals surface area contributed by atoms with Crippen molar-refractivity contribution in [3.63, 3.8) is 0 Å². The van der Waals surface area contributed by atoms with Gasteiger partial charge in [0.1, 0.15) is 5.03 Å². The number of thioether (sulfide) groups is 1. The van der Waals surface area contributed by atoms with Crippen LogP contribution in [0.25, 0.3) is 10.9 Å². The van der Waals surface area contributed by atoms with E-state index in [-0.39, 0.29) is 0 Å². The molecule has 0 N–H and O–H groups in total. The molecule has 0 spiro atoms. The van der Waals surface area contributed by atoms with E-state index in [4.69, 9.17) is 0 Å². The highest BCUT2D eigenvalue weighted by Gasteiger charge is 2.09. The summed E-state index contributed by atoms with van der Waals surface area (Å²) in [6, 6.07) is 11.7. The number of rotatable bonds is 3. The monoisotopic (exact) mass is 316 g/mol. The Labute approximate surface area is 128 Å². The lowest BCUT2D eigenvalue weighted by Gasteiger charge is -2.02. The molecule has 7 heteroatoms. The molecule has 2 heterocycles. The summed E-state index contributed by atoms with van der Waals surface area (Å²) in [5.41, 5.74) is 1.45. The Bertz CT molecular complexity index is 807. The highest BCUT2D eigenvalue weighted by molar-refractivity contribution is 8.02. The molecule has 0 fully saturated rings. The van der Waals surface area contributed by atoms with E-state index >= 15 is 0 Å². The number of hydrogen-bond acceptors (Lipinski definition) is 7. The zero-order valence-corrected chi connectivity index (χ0v) is 12.8. The van der Waals surface area contributed by atoms with Crippen molar-refractivity contribution in [3.05, 3.63) is 35.9 Å². The summed E-state index contributed by atoms with van der Waals surface area (Å²) in [5.74, 6) is 0. The number of pyridine rings is 1. The van der Waals surface area contributed by atoms with Gasteiger partial charge in [-0.1, -0.05) is 41.3 Å². The summed E-state index contributed by atoms with van der Waals surface area (Å²) in [6.45, 7) is 0. The van der Waals surface area contributed by atoms with Crippen molar-refractivity contribution in [2.75, 3.05) is 6.26 Å². The van der Waals surface area contributed by atoms with Crippen molar-refractivity contribution < 1.29 is 0 Å². The maximum absolute atomic E-state index is 9.25. The molecule has 20 heavy (non-hydrogen) atoms. The molecule has 0 saturated heterocycles. The Kier molecular flexibility index (Phi) is 3.87. The molecule has 0 aliphatic carbocycles. The minimum Gasteiger partial charge on any atom is -0.241 e. The number of aromatic nitrogens is 3. The highest BCUT2D eigenvalue weighted by Crippen LogP contribution is 2.33. The Morgan fingerprint density at radius 3 is 2.75 bits per heavy atom. The molecule has 98 valence electrons. The first kappa shape index (κ1) is 13.4. The maximum atomic E-state index is 9.25. The van der Waals surface area contributed by atoms with Crippen molar-refractivity contribution in [1.29, 1.82) is 5.26 Å². The first-order valence-electron chi connectivity index (χ1n) is 5.65. The van der Waals surface area contributed by atoms with E-state index < -0.39 is 0 Å². The van der Waals surface area contributed by atoms with Crippen LogP contribution in [-0.2, 0) is 0 Å². The summed E-state index contributed by atoms with van der Waals surface area (Å²) in [5, 5.41) is 19.1. The van der Waals surface area contributed by atoms with Gasteiger partial charge in [0.15, 0.2) is 8.68 Å². The third-order valence-corrected chi connectivity index (χ3v) is 5.44. The maximum Gasteiger partial charge on any atom is 0.181 e. The molecule has 0 atom stereocenters. The molecule has 2 aromatic heterocycles. The first-order chi connectivity index (χ1) is 9.80. The minimum atomic E-state index is 0.632. The zero-order chi connectivity index (χ0) is 13.9. The number of nitriles is 1. The van der Waals surface area contributed by atoms with Gasteiger partial charge in [-0.2, -0.15) is 5.26 Å². The molecule has 0 bridgehead atoms. The van der Waals surface area contributed by atoms with Gasteiger partial charge in [-0.3, -0.25) is 0 Å². The summed E-state index contributed by atoms with van der Waals surface area (Å²) >= 11 is 4.53. The predicted octanol–water partition coefficient (Wildman–Crippen LogP) is 3.83. The second kappa shape index (κ2) is 5.79. The fourth-order valence-electron chi connectivity index (χ4n) is 1.71. The number of benzene rings is 1. The molecule has 3 aromatic rings. The predicted molar refractivity (Wildman–Crippen MR) is 82.3 cm³/mol. The quantitative estimate of drug-likeness (QED) is 0.684. The van der Waals surface area contributed by atoms with E-state index in [9.17, 15) is 5.26 Å². The average molecular weight is 316 g/mol. The fourth-order valence-corrected chi connectivity index (χ4v) is 4.11. The molecule has 3 rings (SSSR count). The standard InChI is InChI=1S/C13H8N4S3/c1-18-12-16-17-13(20-12)19-11-6-8(7-14)9-4-2-3-5-10(9)15-11/h2-6H,1H3. The largest absolute Gasteiger partial charge is 0.241 e. The van der Waals surface area contributed by atoms with E-state index in [0.29, 0.717) is 5.56 Å². The molecule has 4 nitrogen and oxygen atoms in total. The summed E-state index contributed by atoms with van der Waals surface area (Å²) < 4.78 is 1.76. The van der Waals surface area contributed by atoms with Crippen LogP contribution in [0.15, 0.2) is 44.0 Å². The van der Waals surface area contributed by atoms with Crippen LogP contribution < -0.4 is 0 Å². The third-order valence-electron chi connectivity index (χ3n) is 2.57. The van der Waals surface area contributed by atoms with Crippen LogP contribution in [0.2, 0.25) is 0 Å². The van der Waals surface area contributed by atoms with Gasteiger partial charge >= 0.3 is 0 Å². The lowest BCUT2D eigenvalue weighted by atomic mass is 10.1. The Balaban J connectivity index is 2.01. The normalized spacial score (nSPS) is 10.6. The van der Waals surface area contributed by atoms with Crippen molar-refractivity contribution in [3.8, 4) is 6.07 Å². The number of fused-ring (bicyclic) bond motifs is 1. The molecule has 1 aromatic carbocycles. The Morgan fingerprint density at radius 2 is 2.00 bits per heavy atom. The molecule has 0 radical (unpaired) electrons. The Hall–Kier alpha value is -1.62. The van der Waals surface area contributed by atoms with Gasteiger partial charge in [0, 0.05) is 5.39 Å². The molecule has 0 saturated carbocycles. The smallest absolute Gasteiger partial charge is 0.181 e. The van der Waals surface area contributed by atoms with Gasteiger partial charge in [-0.05, 0) is 30.2 Å². The summed E-state index contributed by atoms with van der Waals surface area (Å²) in [6.07, 6.45) is 1.97. The van der Waals surface area contributed by atoms with Crippen molar-refractivity contribution in [2.24, 2.45) is 0 Å². The second-order valence-electron chi connectivity index (χ2n) is 3.78. The topological polar surface area (TPSA) is 62.5 Å². The molecule has 0 aliphatic rings. The van der Waals surface area contributed by atoms with Gasteiger partial charge in [0.25, 0.3) is 0 Å². The van der Waals surface area contributed by atoms with Crippen molar-refractivity contribution in [1.82, 2.24) is 15.2 Å². The van der Waals surface area contributed by atoms with Crippen LogP contribution in [0.5, 0.6) is 0 Å². The highest BCUT2D eigenvalue weighted by atomic mass is 32.2. The Morgan fingerprint density at radius 1 is 1.20 bits per heavy atom. The van der Waals surface area contributed by atoms with Gasteiger partial charge < -0.3 is 0 Å². The summed E-state index contributed by atoms with van der Waals surface area (Å²) in [7, 11) is 0. The lowest BCUT2D eigenvalue weighted by molar-refractivity contribution is 0.954. The second-order valence-corrected chi connectivity index (χ2v) is 7.08. The first-order valence-corrected chi connectivity index (χ1v) is 8.51. The molecule has 0 unspecified atom stereocenters. The SMILES string of the molecule is CSc1nnc(Sc2cc(C#N)c3ccccc3n2)s1. The van der Waals surface area contributed by atoms with Crippen LogP contribution in [-0.4, -0.2) is 21.4 Å². The lowest BCUT2D eigenvalue weighted by Crippen LogP contribution is -1.87. The van der Waals surface area contributed by atoms with Crippen LogP contribution >= 0.6 is 34.9 Å². The van der Waals surface area contributed by atoms with E-state index in [1.807, 2.05) is 30.5 Å². The average Bonchev–Trinajstić information content (AvgIpc) is 2.94. The van der Waals surface area contributed by atoms with Crippen molar-refractivity contribution >= 4 is 45.8 Å².